The van der Waals surface area contributed by atoms with Crippen molar-refractivity contribution < 1.29 is 22.3 Å². The van der Waals surface area contributed by atoms with E-state index in [0.717, 1.165) is 12.1 Å². The molecule has 38 heavy (non-hydrogen) atoms. The van der Waals surface area contributed by atoms with Crippen molar-refractivity contribution in [1.82, 2.24) is 14.1 Å². The van der Waals surface area contributed by atoms with Gasteiger partial charge in [-0.25, -0.2) is 21.9 Å². The average molecular weight is 544 g/mol. The number of nitrogens with zero attached hydrogens (tertiary/aromatic N) is 3. The molecule has 1 unspecified atom stereocenters. The summed E-state index contributed by atoms with van der Waals surface area (Å²) < 4.78 is 60.8. The van der Waals surface area contributed by atoms with E-state index in [-0.39, 0.29) is 48.7 Å². The van der Waals surface area contributed by atoms with Crippen LogP contribution in [-0.2, 0) is 28.5 Å². The van der Waals surface area contributed by atoms with Crippen molar-refractivity contribution >= 4 is 10.0 Å². The molecule has 2 heterocycles. The number of rotatable bonds is 6. The molecule has 2 fully saturated rings. The molecule has 1 aliphatic carbocycles. The third-order valence-corrected chi connectivity index (χ3v) is 10.3. The van der Waals surface area contributed by atoms with Crippen LogP contribution in [0.1, 0.15) is 61.5 Å². The van der Waals surface area contributed by atoms with E-state index in [4.69, 9.17) is 0 Å². The Morgan fingerprint density at radius 1 is 1.05 bits per heavy atom. The van der Waals surface area contributed by atoms with Gasteiger partial charge in [-0.05, 0) is 68.9 Å². The fourth-order valence-corrected chi connectivity index (χ4v) is 8.41. The number of benzene rings is 2. The molecule has 202 valence electrons. The molecule has 0 radical (unpaired) electrons. The van der Waals surface area contributed by atoms with E-state index < -0.39 is 37.9 Å². The van der Waals surface area contributed by atoms with Gasteiger partial charge in [0, 0.05) is 35.8 Å². The molecule has 1 aliphatic heterocycles. The zero-order valence-electron chi connectivity index (χ0n) is 21.3. The number of halogens is 2. The number of hydrogen-bond acceptors (Lipinski definition) is 5. The van der Waals surface area contributed by atoms with Crippen LogP contribution in [0.2, 0.25) is 0 Å². The van der Waals surface area contributed by atoms with E-state index in [0.29, 0.717) is 18.4 Å². The van der Waals surface area contributed by atoms with E-state index in [2.05, 4.69) is 5.10 Å². The van der Waals surface area contributed by atoms with Crippen LogP contribution in [0.5, 0.6) is 0 Å². The van der Waals surface area contributed by atoms with Gasteiger partial charge in [0.15, 0.2) is 0 Å². The molecule has 0 spiro atoms. The molecule has 1 N–H and O–H groups in total. The molecule has 5 rings (SSSR count). The van der Waals surface area contributed by atoms with Gasteiger partial charge >= 0.3 is 0 Å². The molecule has 2 aliphatic rings. The van der Waals surface area contributed by atoms with E-state index in [1.807, 2.05) is 6.07 Å². The largest absolute Gasteiger partial charge is 0.390 e. The molecule has 0 bridgehead atoms. The number of aromatic nitrogens is 2. The molecule has 2 aromatic carbocycles. The summed E-state index contributed by atoms with van der Waals surface area (Å²) in [7, 11) is -3.82. The Morgan fingerprint density at radius 2 is 1.76 bits per heavy atom. The zero-order valence-corrected chi connectivity index (χ0v) is 22.2. The fourth-order valence-electron chi connectivity index (χ4n) is 6.22. The van der Waals surface area contributed by atoms with Gasteiger partial charge in [-0.2, -0.15) is 9.40 Å². The van der Waals surface area contributed by atoms with Crippen LogP contribution in [0.4, 0.5) is 8.78 Å². The van der Waals surface area contributed by atoms with Gasteiger partial charge in [0.1, 0.15) is 16.9 Å². The molecular weight excluding hydrogens is 512 g/mol. The van der Waals surface area contributed by atoms with Crippen molar-refractivity contribution in [1.29, 1.82) is 0 Å². The predicted octanol–water partition coefficient (Wildman–Crippen LogP) is 4.06. The zero-order chi connectivity index (χ0) is 27.3. The predicted molar refractivity (Wildman–Crippen MR) is 139 cm³/mol. The van der Waals surface area contributed by atoms with Gasteiger partial charge in [0.05, 0.1) is 12.1 Å². The van der Waals surface area contributed by atoms with Crippen LogP contribution in [0.3, 0.4) is 0 Å². The summed E-state index contributed by atoms with van der Waals surface area (Å²) in [5.74, 6) is -1.44. The van der Waals surface area contributed by atoms with Crippen molar-refractivity contribution in [2.75, 3.05) is 0 Å². The van der Waals surface area contributed by atoms with Gasteiger partial charge in [-0.15, -0.1) is 0 Å². The van der Waals surface area contributed by atoms with Crippen LogP contribution < -0.4 is 5.56 Å². The number of hydrogen-bond donors (Lipinski definition) is 1. The van der Waals surface area contributed by atoms with Crippen molar-refractivity contribution in [3.05, 3.63) is 99.5 Å². The first-order chi connectivity index (χ1) is 17.9. The smallest absolute Gasteiger partial charge is 0.266 e. The highest BCUT2D eigenvalue weighted by molar-refractivity contribution is 7.89. The van der Waals surface area contributed by atoms with Crippen molar-refractivity contribution in [3.63, 3.8) is 0 Å². The van der Waals surface area contributed by atoms with Gasteiger partial charge in [-0.3, -0.25) is 4.79 Å². The van der Waals surface area contributed by atoms with Gasteiger partial charge in [0.25, 0.3) is 5.56 Å². The standard InChI is InChI=1S/C28H31F2N3O4S/c1-19-10-11-25(20-7-4-3-5-8-20)38(36,37)33(19)15-21-13-24(30)22(14-23(21)29)28(16-27(2,35)17-28)18-32-26(34)9-6-12-31-32/h3-9,12-14,19,25,35H,10-11,15-18H2,1-2H3/t19-,25?,27-,28+/m0/s1. The Bertz CT molecular complexity index is 1500. The average Bonchev–Trinajstić information content (AvgIpc) is 2.84. The van der Waals surface area contributed by atoms with Gasteiger partial charge in [-0.1, -0.05) is 30.3 Å². The lowest BCUT2D eigenvalue weighted by Crippen LogP contribution is -2.56. The van der Waals surface area contributed by atoms with E-state index in [1.165, 1.54) is 27.3 Å². The number of aliphatic hydroxyl groups is 1. The second-order valence-corrected chi connectivity index (χ2v) is 13.1. The van der Waals surface area contributed by atoms with Gasteiger partial charge in [0.2, 0.25) is 10.0 Å². The van der Waals surface area contributed by atoms with Crippen LogP contribution >= 0.6 is 0 Å². The Hall–Kier alpha value is -2.95. The maximum absolute atomic E-state index is 15.7. The van der Waals surface area contributed by atoms with Crippen LogP contribution in [0.15, 0.2) is 65.6 Å². The molecule has 7 nitrogen and oxygen atoms in total. The molecule has 1 saturated carbocycles. The highest BCUT2D eigenvalue weighted by atomic mass is 32.2. The topological polar surface area (TPSA) is 92.5 Å². The van der Waals surface area contributed by atoms with Crippen molar-refractivity contribution in [2.45, 2.75) is 74.9 Å². The quantitative estimate of drug-likeness (QED) is 0.506. The molecule has 3 aromatic rings. The molecule has 10 heteroatoms. The highest BCUT2D eigenvalue weighted by Gasteiger charge is 2.54. The van der Waals surface area contributed by atoms with Crippen LogP contribution in [0.25, 0.3) is 0 Å². The summed E-state index contributed by atoms with van der Waals surface area (Å²) in [5.41, 5.74) is -1.85. The molecule has 1 saturated heterocycles. The van der Waals surface area contributed by atoms with Crippen molar-refractivity contribution in [3.8, 4) is 0 Å². The summed E-state index contributed by atoms with van der Waals surface area (Å²) in [6.45, 7) is 3.08. The minimum Gasteiger partial charge on any atom is -0.390 e. The maximum atomic E-state index is 15.7. The minimum atomic E-state index is -3.82. The summed E-state index contributed by atoms with van der Waals surface area (Å²) >= 11 is 0. The third kappa shape index (κ3) is 4.81. The van der Waals surface area contributed by atoms with E-state index in [9.17, 15) is 18.3 Å². The molecule has 0 amide bonds. The summed E-state index contributed by atoms with van der Waals surface area (Å²) in [6, 6.07) is 13.5. The summed E-state index contributed by atoms with van der Waals surface area (Å²) in [6.07, 6.45) is 2.73. The fraction of sp³-hybridized carbons (Fsp3) is 0.429. The second kappa shape index (κ2) is 9.66. The molecule has 1 aromatic heterocycles. The Kier molecular flexibility index (Phi) is 6.77. The van der Waals surface area contributed by atoms with Crippen molar-refractivity contribution in [2.24, 2.45) is 0 Å². The highest BCUT2D eigenvalue weighted by Crippen LogP contribution is 2.52. The Balaban J connectivity index is 1.47. The third-order valence-electron chi connectivity index (χ3n) is 7.91. The first kappa shape index (κ1) is 26.6. The van der Waals surface area contributed by atoms with E-state index in [1.54, 1.807) is 38.1 Å². The summed E-state index contributed by atoms with van der Waals surface area (Å²) in [4.78, 5) is 12.3. The first-order valence-electron chi connectivity index (χ1n) is 12.7. The lowest BCUT2D eigenvalue weighted by atomic mass is 9.56. The normalized spacial score (nSPS) is 29.1. The van der Waals surface area contributed by atoms with Crippen LogP contribution in [0, 0.1) is 11.6 Å². The Labute approximate surface area is 220 Å². The monoisotopic (exact) mass is 543 g/mol. The lowest BCUT2D eigenvalue weighted by molar-refractivity contribution is -0.0846. The summed E-state index contributed by atoms with van der Waals surface area (Å²) in [5, 5.41) is 13.8. The van der Waals surface area contributed by atoms with Crippen LogP contribution in [-0.4, -0.2) is 39.3 Å². The SMILES string of the molecule is C[C@H]1CCC(c2ccccc2)S(=O)(=O)N1Cc1cc(F)c([C@]2(Cn3ncccc3=O)C[C@](C)(O)C2)cc1F. The Morgan fingerprint density at radius 3 is 2.42 bits per heavy atom. The van der Waals surface area contributed by atoms with E-state index >= 15 is 8.78 Å². The minimum absolute atomic E-state index is 0.0190. The number of sulfonamides is 1. The lowest BCUT2D eigenvalue weighted by Gasteiger charge is -2.52. The molecular formula is C28H31F2N3O4S. The maximum Gasteiger partial charge on any atom is 0.266 e. The first-order valence-corrected chi connectivity index (χ1v) is 14.2. The molecule has 2 atom stereocenters. The second-order valence-electron chi connectivity index (χ2n) is 11.0. The van der Waals surface area contributed by atoms with Gasteiger partial charge < -0.3 is 5.11 Å².